The second kappa shape index (κ2) is 6.95. The molecule has 2 aromatic carbocycles. The number of halogens is 1. The number of anilines is 1. The zero-order valence-electron chi connectivity index (χ0n) is 13.3. The van der Waals surface area contributed by atoms with Crippen molar-refractivity contribution < 1.29 is 22.5 Å². The molecule has 0 aliphatic rings. The van der Waals surface area contributed by atoms with Crippen LogP contribution in [-0.2, 0) is 10.0 Å². The SMILES string of the molecule is CN(C)S(=O)(=O)c1ccc(F)c(C(=O)Nc2cccc([N+](=O)[O-])c2)c1. The van der Waals surface area contributed by atoms with Crippen molar-refractivity contribution in [3.05, 3.63) is 64.0 Å². The summed E-state index contributed by atoms with van der Waals surface area (Å²) < 4.78 is 39.1. The number of rotatable bonds is 5. The van der Waals surface area contributed by atoms with E-state index in [2.05, 4.69) is 5.32 Å². The van der Waals surface area contributed by atoms with E-state index in [1.165, 1.54) is 32.3 Å². The minimum atomic E-state index is -3.84. The first kappa shape index (κ1) is 18.5. The highest BCUT2D eigenvalue weighted by molar-refractivity contribution is 7.89. The van der Waals surface area contributed by atoms with Crippen LogP contribution in [0.25, 0.3) is 0 Å². The van der Waals surface area contributed by atoms with Gasteiger partial charge >= 0.3 is 0 Å². The van der Waals surface area contributed by atoms with Crippen LogP contribution in [0.15, 0.2) is 47.4 Å². The molecule has 0 atom stereocenters. The quantitative estimate of drug-likeness (QED) is 0.644. The zero-order chi connectivity index (χ0) is 18.8. The number of nitrogens with one attached hydrogen (secondary N) is 1. The van der Waals surface area contributed by atoms with Gasteiger partial charge in [0.15, 0.2) is 0 Å². The van der Waals surface area contributed by atoms with Crippen molar-refractivity contribution >= 4 is 27.3 Å². The molecule has 132 valence electrons. The average Bonchev–Trinajstić information content (AvgIpc) is 2.55. The second-order valence-corrected chi connectivity index (χ2v) is 7.34. The molecule has 1 amide bonds. The Balaban J connectivity index is 2.37. The van der Waals surface area contributed by atoms with Crippen molar-refractivity contribution in [1.82, 2.24) is 4.31 Å². The fourth-order valence-electron chi connectivity index (χ4n) is 1.95. The summed E-state index contributed by atoms with van der Waals surface area (Å²) in [6, 6.07) is 7.93. The fourth-order valence-corrected chi connectivity index (χ4v) is 2.87. The molecule has 25 heavy (non-hydrogen) atoms. The van der Waals surface area contributed by atoms with Gasteiger partial charge in [0.2, 0.25) is 10.0 Å². The molecule has 0 heterocycles. The van der Waals surface area contributed by atoms with Crippen molar-refractivity contribution in [2.45, 2.75) is 4.90 Å². The van der Waals surface area contributed by atoms with Crippen molar-refractivity contribution in [3.8, 4) is 0 Å². The van der Waals surface area contributed by atoms with Crippen LogP contribution in [0.5, 0.6) is 0 Å². The highest BCUT2D eigenvalue weighted by Gasteiger charge is 2.21. The van der Waals surface area contributed by atoms with Crippen LogP contribution in [0.1, 0.15) is 10.4 Å². The van der Waals surface area contributed by atoms with Gasteiger partial charge in [0, 0.05) is 31.9 Å². The molecule has 8 nitrogen and oxygen atoms in total. The third-order valence-corrected chi connectivity index (χ3v) is 5.09. The first-order chi connectivity index (χ1) is 11.6. The zero-order valence-corrected chi connectivity index (χ0v) is 14.1. The van der Waals surface area contributed by atoms with Gasteiger partial charge in [-0.05, 0) is 24.3 Å². The maximum Gasteiger partial charge on any atom is 0.271 e. The largest absolute Gasteiger partial charge is 0.322 e. The number of hydrogen-bond donors (Lipinski definition) is 1. The molecule has 2 rings (SSSR count). The number of hydrogen-bond acceptors (Lipinski definition) is 5. The summed E-state index contributed by atoms with van der Waals surface area (Å²) in [7, 11) is -1.23. The third-order valence-electron chi connectivity index (χ3n) is 3.28. The van der Waals surface area contributed by atoms with Crippen LogP contribution in [-0.4, -0.2) is 37.6 Å². The number of carbonyl (C=O) groups excluding carboxylic acids is 1. The lowest BCUT2D eigenvalue weighted by Crippen LogP contribution is -2.23. The number of carbonyl (C=O) groups is 1. The maximum atomic E-state index is 13.9. The Hall–Kier alpha value is -2.85. The van der Waals surface area contributed by atoms with Gasteiger partial charge in [-0.2, -0.15) is 0 Å². The minimum absolute atomic E-state index is 0.0828. The molecule has 0 unspecified atom stereocenters. The molecule has 2 aromatic rings. The van der Waals surface area contributed by atoms with Gasteiger partial charge in [0.1, 0.15) is 5.82 Å². The third kappa shape index (κ3) is 3.98. The molecule has 0 aromatic heterocycles. The monoisotopic (exact) mass is 367 g/mol. The summed E-state index contributed by atoms with van der Waals surface area (Å²) in [6.07, 6.45) is 0. The Morgan fingerprint density at radius 1 is 1.20 bits per heavy atom. The highest BCUT2D eigenvalue weighted by Crippen LogP contribution is 2.21. The normalized spacial score (nSPS) is 11.4. The summed E-state index contributed by atoms with van der Waals surface area (Å²) in [5.74, 6) is -1.84. The second-order valence-electron chi connectivity index (χ2n) is 5.19. The van der Waals surface area contributed by atoms with Crippen LogP contribution in [0.3, 0.4) is 0 Å². The molecular formula is C15H14FN3O5S. The molecule has 0 bridgehead atoms. The van der Waals surface area contributed by atoms with E-state index in [0.29, 0.717) is 0 Å². The Morgan fingerprint density at radius 3 is 2.48 bits per heavy atom. The Bertz CT molecular complexity index is 944. The molecule has 0 spiro atoms. The number of amides is 1. The van der Waals surface area contributed by atoms with Crippen molar-refractivity contribution in [2.75, 3.05) is 19.4 Å². The molecule has 0 aliphatic heterocycles. The van der Waals surface area contributed by atoms with E-state index in [1.807, 2.05) is 0 Å². The van der Waals surface area contributed by atoms with Crippen LogP contribution >= 0.6 is 0 Å². The number of nitro benzene ring substituents is 1. The van der Waals surface area contributed by atoms with Gasteiger partial charge in [-0.25, -0.2) is 17.1 Å². The topological polar surface area (TPSA) is 110 Å². The van der Waals surface area contributed by atoms with Crippen molar-refractivity contribution in [3.63, 3.8) is 0 Å². The van der Waals surface area contributed by atoms with Crippen LogP contribution < -0.4 is 5.32 Å². The number of benzene rings is 2. The number of non-ortho nitro benzene ring substituents is 1. The van der Waals surface area contributed by atoms with Crippen LogP contribution in [0.4, 0.5) is 15.8 Å². The van der Waals surface area contributed by atoms with E-state index in [4.69, 9.17) is 0 Å². The van der Waals surface area contributed by atoms with Gasteiger partial charge in [-0.1, -0.05) is 6.07 Å². The first-order valence-electron chi connectivity index (χ1n) is 6.91. The van der Waals surface area contributed by atoms with Crippen molar-refractivity contribution in [1.29, 1.82) is 0 Å². The summed E-state index contributed by atoms with van der Waals surface area (Å²) in [5, 5.41) is 13.1. The van der Waals surface area contributed by atoms with Gasteiger partial charge in [-0.3, -0.25) is 14.9 Å². The molecule has 0 radical (unpaired) electrons. The molecular weight excluding hydrogens is 353 g/mol. The van der Waals surface area contributed by atoms with E-state index in [1.54, 1.807) is 0 Å². The molecule has 0 fully saturated rings. The summed E-state index contributed by atoms with van der Waals surface area (Å²) in [6.45, 7) is 0. The Morgan fingerprint density at radius 2 is 1.88 bits per heavy atom. The lowest BCUT2D eigenvalue weighted by molar-refractivity contribution is -0.384. The molecule has 0 saturated carbocycles. The number of sulfonamides is 1. The molecule has 0 aliphatic carbocycles. The number of nitrogens with zero attached hydrogens (tertiary/aromatic N) is 2. The van der Waals surface area contributed by atoms with Gasteiger partial charge in [0.25, 0.3) is 11.6 Å². The highest BCUT2D eigenvalue weighted by atomic mass is 32.2. The molecule has 1 N–H and O–H groups in total. The summed E-state index contributed by atoms with van der Waals surface area (Å²) in [5.41, 5.74) is -0.656. The summed E-state index contributed by atoms with van der Waals surface area (Å²) in [4.78, 5) is 22.1. The van der Waals surface area contributed by atoms with E-state index >= 15 is 0 Å². The van der Waals surface area contributed by atoms with E-state index < -0.39 is 32.2 Å². The Labute approximate surface area is 143 Å². The standard InChI is InChI=1S/C15H14FN3O5S/c1-18(2)25(23,24)12-6-7-14(16)13(9-12)15(20)17-10-4-3-5-11(8-10)19(21)22/h3-9H,1-2H3,(H,17,20). The van der Waals surface area contributed by atoms with Gasteiger partial charge in [-0.15, -0.1) is 0 Å². The fraction of sp³-hybridized carbons (Fsp3) is 0.133. The van der Waals surface area contributed by atoms with Crippen LogP contribution in [0.2, 0.25) is 0 Å². The van der Waals surface area contributed by atoms with Gasteiger partial charge in [0.05, 0.1) is 15.4 Å². The first-order valence-corrected chi connectivity index (χ1v) is 8.35. The lowest BCUT2D eigenvalue weighted by atomic mass is 10.2. The molecule has 0 saturated heterocycles. The predicted molar refractivity (Wildman–Crippen MR) is 88.3 cm³/mol. The smallest absolute Gasteiger partial charge is 0.271 e. The summed E-state index contributed by atoms with van der Waals surface area (Å²) >= 11 is 0. The molecule has 10 heteroatoms. The van der Waals surface area contributed by atoms with E-state index in [-0.39, 0.29) is 16.3 Å². The van der Waals surface area contributed by atoms with E-state index in [9.17, 15) is 27.7 Å². The lowest BCUT2D eigenvalue weighted by Gasteiger charge is -2.13. The minimum Gasteiger partial charge on any atom is -0.322 e. The Kier molecular flexibility index (Phi) is 5.14. The van der Waals surface area contributed by atoms with Crippen molar-refractivity contribution in [2.24, 2.45) is 0 Å². The predicted octanol–water partition coefficient (Wildman–Crippen LogP) is 2.24. The van der Waals surface area contributed by atoms with E-state index in [0.717, 1.165) is 28.6 Å². The number of nitro groups is 1. The van der Waals surface area contributed by atoms with Gasteiger partial charge < -0.3 is 5.32 Å². The average molecular weight is 367 g/mol. The maximum absolute atomic E-state index is 13.9. The van der Waals surface area contributed by atoms with Crippen LogP contribution in [0, 0.1) is 15.9 Å².